The lowest BCUT2D eigenvalue weighted by Crippen LogP contribution is -2.47. The van der Waals surface area contributed by atoms with Crippen LogP contribution in [0.15, 0.2) is 95.7 Å². The predicted molar refractivity (Wildman–Crippen MR) is 250 cm³/mol. The number of hydrogen-bond donors (Lipinski definition) is 2. The van der Waals surface area contributed by atoms with E-state index in [9.17, 15) is 23.3 Å². The molecule has 5 heterocycles. The molecule has 0 bridgehead atoms. The third kappa shape index (κ3) is 9.89. The molecule has 3 aromatic heterocycles. The average molecular weight is 923 g/mol. The second kappa shape index (κ2) is 18.6. The number of carbonyl (C=O) groups excluding carboxylic acids is 1. The third-order valence-electron chi connectivity index (χ3n) is 12.7. The highest BCUT2D eigenvalue weighted by Crippen LogP contribution is 2.43. The van der Waals surface area contributed by atoms with Crippen LogP contribution >= 0.6 is 11.6 Å². The first-order valence-electron chi connectivity index (χ1n) is 22.0. The van der Waals surface area contributed by atoms with E-state index in [1.807, 2.05) is 36.4 Å². The molecule has 0 spiro atoms. The normalized spacial score (nSPS) is 17.5. The summed E-state index contributed by atoms with van der Waals surface area (Å²) in [6.07, 6.45) is 7.20. The topological polar surface area (TPSA) is 181 Å². The van der Waals surface area contributed by atoms with Crippen molar-refractivity contribution in [2.75, 3.05) is 77.1 Å². The fourth-order valence-corrected chi connectivity index (χ4v) is 10.2. The molecule has 1 amide bonds. The van der Waals surface area contributed by atoms with E-state index in [2.05, 4.69) is 55.5 Å². The van der Waals surface area contributed by atoms with Gasteiger partial charge in [0.15, 0.2) is 5.75 Å². The Morgan fingerprint density at radius 2 is 1.77 bits per heavy atom. The summed E-state index contributed by atoms with van der Waals surface area (Å²) < 4.78 is 42.6. The van der Waals surface area contributed by atoms with Crippen LogP contribution in [0.3, 0.4) is 0 Å². The minimum atomic E-state index is -4.60. The number of carbonyl (C=O) groups is 1. The Balaban J connectivity index is 0.952. The number of allylic oxidation sites excluding steroid dienone is 1. The molecule has 0 saturated carbocycles. The molecule has 3 aliphatic rings. The smallest absolute Gasteiger partial charge is 0.312 e. The SMILES string of the molecule is CC1(C)CCC(CN2CCN(c3ccc(C(=O)NS(=O)(=O)c4ccc(OCCCN5CCOCC5)c([N+](=O)[O-])c4)c(-n4ncc5nc6[nH]ccc6cc54)c3)CC2)=C(c2ccc(Cl)cc2)C1. The Bertz CT molecular complexity index is 2880. The van der Waals surface area contributed by atoms with Crippen LogP contribution in [0.1, 0.15) is 55.5 Å². The van der Waals surface area contributed by atoms with E-state index in [1.54, 1.807) is 23.1 Å². The molecule has 340 valence electrons. The number of nitrogens with zero attached hydrogens (tertiary/aromatic N) is 7. The van der Waals surface area contributed by atoms with Gasteiger partial charge >= 0.3 is 5.69 Å². The number of aromatic amines is 1. The predicted octanol–water partition coefficient (Wildman–Crippen LogP) is 7.47. The lowest BCUT2D eigenvalue weighted by molar-refractivity contribution is -0.386. The van der Waals surface area contributed by atoms with Crippen LogP contribution in [0.25, 0.3) is 33.3 Å². The molecule has 18 heteroatoms. The molecular formula is C47H52ClN9O7S. The van der Waals surface area contributed by atoms with Gasteiger partial charge in [-0.25, -0.2) is 22.8 Å². The van der Waals surface area contributed by atoms with Crippen molar-refractivity contribution in [1.29, 1.82) is 0 Å². The Morgan fingerprint density at radius 3 is 2.54 bits per heavy atom. The molecule has 9 rings (SSSR count). The van der Waals surface area contributed by atoms with E-state index in [-0.39, 0.29) is 23.3 Å². The Kier molecular flexibility index (Phi) is 12.7. The van der Waals surface area contributed by atoms with Gasteiger partial charge in [-0.3, -0.25) is 24.7 Å². The number of nitro benzene ring substituents is 1. The molecule has 0 atom stereocenters. The van der Waals surface area contributed by atoms with Crippen LogP contribution in [-0.2, 0) is 14.8 Å². The van der Waals surface area contributed by atoms with Gasteiger partial charge in [0.1, 0.15) is 11.2 Å². The maximum atomic E-state index is 14.2. The number of fused-ring (bicyclic) bond motifs is 2. The van der Waals surface area contributed by atoms with Crippen molar-refractivity contribution < 1.29 is 27.6 Å². The molecular weight excluding hydrogens is 870 g/mol. The van der Waals surface area contributed by atoms with Crippen molar-refractivity contribution >= 4 is 66.5 Å². The number of hydrogen-bond acceptors (Lipinski definition) is 12. The number of anilines is 1. The number of halogens is 1. The number of aromatic nitrogens is 4. The fraction of sp³-hybridized carbons (Fsp3) is 0.383. The van der Waals surface area contributed by atoms with Crippen LogP contribution in [0.2, 0.25) is 5.02 Å². The maximum absolute atomic E-state index is 14.2. The van der Waals surface area contributed by atoms with Gasteiger partial charge in [-0.05, 0) is 96.8 Å². The zero-order chi connectivity index (χ0) is 45.3. The van der Waals surface area contributed by atoms with Gasteiger partial charge in [-0.2, -0.15) is 5.10 Å². The summed E-state index contributed by atoms with van der Waals surface area (Å²) in [5.41, 5.74) is 6.90. The van der Waals surface area contributed by atoms with Gasteiger partial charge in [-0.15, -0.1) is 0 Å². The van der Waals surface area contributed by atoms with E-state index >= 15 is 0 Å². The number of amides is 1. The largest absolute Gasteiger partial charge is 0.487 e. The summed E-state index contributed by atoms with van der Waals surface area (Å²) in [6, 6.07) is 20.6. The van der Waals surface area contributed by atoms with Gasteiger partial charge in [0, 0.05) is 80.7 Å². The first kappa shape index (κ1) is 44.4. The molecule has 3 aromatic carbocycles. The summed E-state index contributed by atoms with van der Waals surface area (Å²) in [5.74, 6) is -0.989. The number of sulfonamides is 1. The minimum Gasteiger partial charge on any atom is -0.487 e. The van der Waals surface area contributed by atoms with Crippen molar-refractivity contribution in [3.8, 4) is 11.4 Å². The van der Waals surface area contributed by atoms with E-state index in [1.165, 1.54) is 28.8 Å². The van der Waals surface area contributed by atoms with Gasteiger partial charge < -0.3 is 19.4 Å². The number of morpholine rings is 1. The zero-order valence-electron chi connectivity index (χ0n) is 36.5. The molecule has 0 unspecified atom stereocenters. The fourth-order valence-electron chi connectivity index (χ4n) is 9.06. The Morgan fingerprint density at radius 1 is 0.985 bits per heavy atom. The highest BCUT2D eigenvalue weighted by Gasteiger charge is 2.31. The Hall–Kier alpha value is -5.85. The van der Waals surface area contributed by atoms with Gasteiger partial charge in [0.2, 0.25) is 0 Å². The van der Waals surface area contributed by atoms with Crippen LogP contribution in [0.4, 0.5) is 11.4 Å². The number of ether oxygens (including phenoxy) is 2. The lowest BCUT2D eigenvalue weighted by Gasteiger charge is -2.39. The summed E-state index contributed by atoms with van der Waals surface area (Å²) in [7, 11) is -4.60. The van der Waals surface area contributed by atoms with E-state index in [0.29, 0.717) is 42.0 Å². The molecule has 0 radical (unpaired) electrons. The quantitative estimate of drug-likeness (QED) is 0.0626. The highest BCUT2D eigenvalue weighted by molar-refractivity contribution is 7.90. The molecule has 2 aliphatic heterocycles. The van der Waals surface area contributed by atoms with Crippen LogP contribution in [0, 0.1) is 15.5 Å². The van der Waals surface area contributed by atoms with E-state index in [0.717, 1.165) is 93.8 Å². The summed E-state index contributed by atoms with van der Waals surface area (Å²) in [4.78, 5) is 40.0. The summed E-state index contributed by atoms with van der Waals surface area (Å²) >= 11 is 6.26. The van der Waals surface area contributed by atoms with Gasteiger partial charge in [0.25, 0.3) is 15.9 Å². The molecule has 2 fully saturated rings. The standard InChI is InChI=1S/C47H52ClN9O7S/c1-47(2)14-12-34(39(29-47)32-4-6-35(48)7-5-32)31-54-17-19-55(20-18-54)36-8-10-38(41(27-36)56-42-26-33-13-15-49-45(33)51-40(42)30-50-56)46(58)52-65(61,62)37-9-11-44(43(28-37)57(59)60)64-23-3-16-53-21-24-63-25-22-53/h4-11,13,15,26-28,30H,3,12,14,16-25,29,31H2,1-2H3,(H,49,51)(H,52,58). The van der Waals surface area contributed by atoms with E-state index < -0.39 is 31.4 Å². The van der Waals surface area contributed by atoms with Crippen molar-refractivity contribution in [2.45, 2.75) is 44.4 Å². The van der Waals surface area contributed by atoms with Gasteiger partial charge in [-0.1, -0.05) is 43.2 Å². The number of piperazine rings is 1. The van der Waals surface area contributed by atoms with E-state index in [4.69, 9.17) is 26.1 Å². The van der Waals surface area contributed by atoms with Crippen LogP contribution in [0.5, 0.6) is 5.75 Å². The van der Waals surface area contributed by atoms with Crippen molar-refractivity contribution in [2.24, 2.45) is 5.41 Å². The molecule has 65 heavy (non-hydrogen) atoms. The summed E-state index contributed by atoms with van der Waals surface area (Å²) in [6.45, 7) is 12.5. The minimum absolute atomic E-state index is 0.0340. The number of benzene rings is 3. The number of pyridine rings is 1. The first-order chi connectivity index (χ1) is 31.3. The second-order valence-corrected chi connectivity index (χ2v) is 19.9. The number of nitro groups is 1. The van der Waals surface area contributed by atoms with Crippen molar-refractivity contribution in [3.05, 3.63) is 117 Å². The number of H-pyrrole nitrogens is 1. The van der Waals surface area contributed by atoms with Crippen LogP contribution < -0.4 is 14.4 Å². The number of rotatable bonds is 14. The van der Waals surface area contributed by atoms with Crippen LogP contribution in [-0.4, -0.2) is 121 Å². The molecule has 6 aromatic rings. The number of nitrogens with one attached hydrogen (secondary N) is 2. The molecule has 2 N–H and O–H groups in total. The molecule has 2 saturated heterocycles. The first-order valence-corrected chi connectivity index (χ1v) is 23.9. The lowest BCUT2D eigenvalue weighted by atomic mass is 9.72. The zero-order valence-corrected chi connectivity index (χ0v) is 38.0. The molecule has 1 aliphatic carbocycles. The maximum Gasteiger partial charge on any atom is 0.312 e. The average Bonchev–Trinajstić information content (AvgIpc) is 3.94. The van der Waals surface area contributed by atoms with Crippen molar-refractivity contribution in [3.63, 3.8) is 0 Å². The highest BCUT2D eigenvalue weighted by atomic mass is 35.5. The summed E-state index contributed by atoms with van der Waals surface area (Å²) in [5, 5.41) is 18.3. The molecule has 16 nitrogen and oxygen atoms in total. The monoisotopic (exact) mass is 921 g/mol. The Labute approximate surface area is 382 Å². The van der Waals surface area contributed by atoms with Crippen molar-refractivity contribution in [1.82, 2.24) is 34.3 Å². The third-order valence-corrected chi connectivity index (χ3v) is 14.3. The van der Waals surface area contributed by atoms with Gasteiger partial charge in [0.05, 0.1) is 52.6 Å². The second-order valence-electron chi connectivity index (χ2n) is 17.7.